The number of amides is 1. The van der Waals surface area contributed by atoms with E-state index in [4.69, 9.17) is 0 Å². The number of rotatable bonds is 2. The lowest BCUT2D eigenvalue weighted by atomic mass is 10.1. The molecule has 0 saturated carbocycles. The molecule has 2 N–H and O–H groups in total. The highest BCUT2D eigenvalue weighted by atomic mass is 19.1. The van der Waals surface area contributed by atoms with Crippen molar-refractivity contribution in [2.75, 3.05) is 31.1 Å². The number of piperazine rings is 1. The first-order chi connectivity index (χ1) is 12.2. The SMILES string of the molecule is O=C1c2ccc(N3C4CCC3CNC4)c(F)c2CN1C1CCCNC1. The maximum atomic E-state index is 15.4. The van der Waals surface area contributed by atoms with E-state index >= 15 is 4.39 Å². The monoisotopic (exact) mass is 344 g/mol. The van der Waals surface area contributed by atoms with Crippen molar-refractivity contribution in [3.8, 4) is 0 Å². The third-order valence-corrected chi connectivity index (χ3v) is 6.41. The Labute approximate surface area is 147 Å². The molecule has 4 heterocycles. The van der Waals surface area contributed by atoms with Crippen LogP contribution in [-0.4, -0.2) is 55.1 Å². The second-order valence-electron chi connectivity index (χ2n) is 7.81. The minimum Gasteiger partial charge on any atom is -0.361 e. The maximum Gasteiger partial charge on any atom is 0.254 e. The van der Waals surface area contributed by atoms with Crippen LogP contribution >= 0.6 is 0 Å². The molecule has 1 aromatic carbocycles. The Morgan fingerprint density at radius 3 is 2.48 bits per heavy atom. The number of piperidine rings is 1. The number of benzene rings is 1. The van der Waals surface area contributed by atoms with Gasteiger partial charge in [-0.05, 0) is 44.4 Å². The average molecular weight is 344 g/mol. The summed E-state index contributed by atoms with van der Waals surface area (Å²) in [4.78, 5) is 16.9. The number of carbonyl (C=O) groups excluding carboxylic acids is 1. The van der Waals surface area contributed by atoms with Gasteiger partial charge in [0, 0.05) is 48.9 Å². The van der Waals surface area contributed by atoms with Gasteiger partial charge < -0.3 is 20.4 Å². The molecule has 3 atom stereocenters. The van der Waals surface area contributed by atoms with Crippen LogP contribution in [0.3, 0.4) is 0 Å². The number of nitrogens with zero attached hydrogens (tertiary/aromatic N) is 2. The summed E-state index contributed by atoms with van der Waals surface area (Å²) in [7, 11) is 0. The van der Waals surface area contributed by atoms with E-state index in [0.717, 1.165) is 51.9 Å². The van der Waals surface area contributed by atoms with Crippen LogP contribution in [0.4, 0.5) is 10.1 Å². The summed E-state index contributed by atoms with van der Waals surface area (Å²) in [5.41, 5.74) is 1.87. The van der Waals surface area contributed by atoms with Crippen LogP contribution in [-0.2, 0) is 6.54 Å². The molecule has 3 saturated heterocycles. The van der Waals surface area contributed by atoms with Gasteiger partial charge in [0.05, 0.1) is 12.2 Å². The van der Waals surface area contributed by atoms with Gasteiger partial charge in [-0.3, -0.25) is 4.79 Å². The van der Waals surface area contributed by atoms with Crippen molar-refractivity contribution in [2.24, 2.45) is 0 Å². The fourth-order valence-corrected chi connectivity index (χ4v) is 5.13. The Bertz CT molecular complexity index is 687. The molecule has 0 radical (unpaired) electrons. The molecule has 5 rings (SSSR count). The molecular weight excluding hydrogens is 319 g/mol. The summed E-state index contributed by atoms with van der Waals surface area (Å²) in [6.45, 7) is 4.09. The molecule has 0 aromatic heterocycles. The van der Waals surface area contributed by atoms with Crippen molar-refractivity contribution < 1.29 is 9.18 Å². The van der Waals surface area contributed by atoms with Gasteiger partial charge >= 0.3 is 0 Å². The highest BCUT2D eigenvalue weighted by Gasteiger charge is 2.41. The van der Waals surface area contributed by atoms with E-state index in [1.807, 2.05) is 17.0 Å². The minimum atomic E-state index is -0.170. The average Bonchev–Trinajstić information content (AvgIpc) is 3.10. The number of carbonyl (C=O) groups is 1. The minimum absolute atomic E-state index is 0.00238. The lowest BCUT2D eigenvalue weighted by Gasteiger charge is -2.37. The van der Waals surface area contributed by atoms with Crippen LogP contribution in [0.2, 0.25) is 0 Å². The van der Waals surface area contributed by atoms with Crippen LogP contribution in [0.5, 0.6) is 0 Å². The molecule has 2 bridgehead atoms. The molecule has 25 heavy (non-hydrogen) atoms. The molecule has 1 amide bonds. The predicted molar refractivity (Wildman–Crippen MR) is 94.3 cm³/mol. The highest BCUT2D eigenvalue weighted by Crippen LogP contribution is 2.38. The number of halogens is 1. The van der Waals surface area contributed by atoms with Crippen molar-refractivity contribution in [1.82, 2.24) is 15.5 Å². The van der Waals surface area contributed by atoms with E-state index in [2.05, 4.69) is 15.5 Å². The van der Waals surface area contributed by atoms with Gasteiger partial charge in [-0.15, -0.1) is 0 Å². The number of hydrogen-bond acceptors (Lipinski definition) is 4. The van der Waals surface area contributed by atoms with Gasteiger partial charge in [0.2, 0.25) is 0 Å². The van der Waals surface area contributed by atoms with Crippen LogP contribution in [0, 0.1) is 5.82 Å². The van der Waals surface area contributed by atoms with E-state index in [9.17, 15) is 4.79 Å². The lowest BCUT2D eigenvalue weighted by molar-refractivity contribution is 0.0674. The topological polar surface area (TPSA) is 47.6 Å². The summed E-state index contributed by atoms with van der Waals surface area (Å²) in [6, 6.07) is 4.63. The molecule has 4 aliphatic heterocycles. The van der Waals surface area contributed by atoms with Crippen molar-refractivity contribution in [3.63, 3.8) is 0 Å². The maximum absolute atomic E-state index is 15.4. The first-order valence-corrected chi connectivity index (χ1v) is 9.56. The van der Waals surface area contributed by atoms with Gasteiger partial charge in [-0.25, -0.2) is 4.39 Å². The molecule has 134 valence electrons. The molecule has 3 unspecified atom stereocenters. The van der Waals surface area contributed by atoms with Crippen LogP contribution in [0.25, 0.3) is 0 Å². The molecule has 0 aliphatic carbocycles. The fourth-order valence-electron chi connectivity index (χ4n) is 5.13. The molecule has 5 nitrogen and oxygen atoms in total. The summed E-state index contributed by atoms with van der Waals surface area (Å²) >= 11 is 0. The van der Waals surface area contributed by atoms with Crippen molar-refractivity contribution in [1.29, 1.82) is 0 Å². The molecule has 0 spiro atoms. The van der Waals surface area contributed by atoms with Gasteiger partial charge in [-0.2, -0.15) is 0 Å². The molecular formula is C19H25FN4O. The second-order valence-corrected chi connectivity index (χ2v) is 7.81. The second kappa shape index (κ2) is 5.95. The summed E-state index contributed by atoms with van der Waals surface area (Å²) in [6.07, 6.45) is 4.31. The van der Waals surface area contributed by atoms with Gasteiger partial charge in [-0.1, -0.05) is 0 Å². The summed E-state index contributed by atoms with van der Waals surface area (Å²) in [5, 5.41) is 6.80. The van der Waals surface area contributed by atoms with Crippen LogP contribution in [0.1, 0.15) is 41.6 Å². The number of nitrogens with one attached hydrogen (secondary N) is 2. The van der Waals surface area contributed by atoms with Crippen LogP contribution < -0.4 is 15.5 Å². The summed E-state index contributed by atoms with van der Waals surface area (Å²) in [5.74, 6) is -0.173. The smallest absolute Gasteiger partial charge is 0.254 e. The number of anilines is 1. The van der Waals surface area contributed by atoms with E-state index < -0.39 is 0 Å². The summed E-state index contributed by atoms with van der Waals surface area (Å²) < 4.78 is 15.4. The Balaban J connectivity index is 1.46. The first kappa shape index (κ1) is 15.6. The zero-order chi connectivity index (χ0) is 17.0. The molecule has 4 aliphatic rings. The van der Waals surface area contributed by atoms with Gasteiger partial charge in [0.15, 0.2) is 5.82 Å². The largest absolute Gasteiger partial charge is 0.361 e. The third kappa shape index (κ3) is 2.38. The quantitative estimate of drug-likeness (QED) is 0.853. The number of fused-ring (bicyclic) bond motifs is 3. The molecule has 1 aromatic rings. The molecule has 3 fully saturated rings. The highest BCUT2D eigenvalue weighted by molar-refractivity contribution is 5.99. The fraction of sp³-hybridized carbons (Fsp3) is 0.632. The normalized spacial score (nSPS) is 31.6. The van der Waals surface area contributed by atoms with E-state index in [0.29, 0.717) is 35.4 Å². The van der Waals surface area contributed by atoms with Crippen molar-refractivity contribution in [2.45, 2.75) is 50.4 Å². The van der Waals surface area contributed by atoms with E-state index in [1.54, 1.807) is 0 Å². The van der Waals surface area contributed by atoms with E-state index in [-0.39, 0.29) is 17.8 Å². The van der Waals surface area contributed by atoms with Crippen molar-refractivity contribution in [3.05, 3.63) is 29.1 Å². The Hall–Kier alpha value is -1.66. The van der Waals surface area contributed by atoms with Gasteiger partial charge in [0.25, 0.3) is 5.91 Å². The third-order valence-electron chi connectivity index (χ3n) is 6.41. The standard InChI is InChI=1S/C19H25FN4O/c20-18-16-11-23(12-2-1-7-21-8-12)19(25)15(16)5-6-17(18)24-13-3-4-14(24)10-22-9-13/h5-6,12-14,21-22H,1-4,7-11H2. The Morgan fingerprint density at radius 1 is 1.00 bits per heavy atom. The van der Waals surface area contributed by atoms with E-state index in [1.165, 1.54) is 0 Å². The van der Waals surface area contributed by atoms with Crippen molar-refractivity contribution >= 4 is 11.6 Å². The zero-order valence-corrected chi connectivity index (χ0v) is 14.4. The zero-order valence-electron chi connectivity index (χ0n) is 14.4. The predicted octanol–water partition coefficient (Wildman–Crippen LogP) is 1.47. The number of hydrogen-bond donors (Lipinski definition) is 2. The first-order valence-electron chi connectivity index (χ1n) is 9.56. The molecule has 6 heteroatoms. The van der Waals surface area contributed by atoms with Gasteiger partial charge in [0.1, 0.15) is 0 Å². The van der Waals surface area contributed by atoms with Crippen LogP contribution in [0.15, 0.2) is 12.1 Å². The Kier molecular flexibility index (Phi) is 3.71. The Morgan fingerprint density at radius 2 is 1.76 bits per heavy atom. The lowest BCUT2D eigenvalue weighted by Crippen LogP contribution is -2.52.